The molecular formula is C35H32F3N7O2S. The number of aromatic hydroxyl groups is 1. The predicted molar refractivity (Wildman–Crippen MR) is 179 cm³/mol. The van der Waals surface area contributed by atoms with Crippen molar-refractivity contribution in [3.8, 4) is 22.8 Å². The Morgan fingerprint density at radius 1 is 0.938 bits per heavy atom. The van der Waals surface area contributed by atoms with E-state index in [4.69, 9.17) is 0 Å². The number of anilines is 1. The van der Waals surface area contributed by atoms with E-state index >= 15 is 0 Å². The normalized spacial score (nSPS) is 12.0. The molecule has 0 bridgehead atoms. The van der Waals surface area contributed by atoms with Gasteiger partial charge in [0.25, 0.3) is 0 Å². The van der Waals surface area contributed by atoms with Crippen molar-refractivity contribution in [2.45, 2.75) is 55.6 Å². The van der Waals surface area contributed by atoms with E-state index in [-0.39, 0.29) is 17.7 Å². The Hall–Kier alpha value is -5.30. The third kappa shape index (κ3) is 7.00. The highest BCUT2D eigenvalue weighted by atomic mass is 32.2. The van der Waals surface area contributed by atoms with Crippen LogP contribution in [-0.4, -0.2) is 35.5 Å². The van der Waals surface area contributed by atoms with Gasteiger partial charge in [-0.1, -0.05) is 56.8 Å². The molecule has 3 heterocycles. The number of urea groups is 1. The monoisotopic (exact) mass is 671 g/mol. The predicted octanol–water partition coefficient (Wildman–Crippen LogP) is 8.39. The first kappa shape index (κ1) is 32.6. The zero-order chi connectivity index (χ0) is 34.2. The number of phenolic OH excluding ortho intramolecular Hbond substituents is 1. The number of hydrogen-bond donors (Lipinski definition) is 3. The summed E-state index contributed by atoms with van der Waals surface area (Å²) in [5, 5.41) is 29.4. The minimum Gasteiger partial charge on any atom is -0.507 e. The lowest BCUT2D eigenvalue weighted by Gasteiger charge is -2.14. The van der Waals surface area contributed by atoms with Gasteiger partial charge in [-0.2, -0.15) is 18.3 Å². The maximum atomic E-state index is 13.2. The molecule has 0 atom stereocenters. The van der Waals surface area contributed by atoms with Crippen molar-refractivity contribution in [3.05, 3.63) is 114 Å². The lowest BCUT2D eigenvalue weighted by atomic mass is 9.92. The molecule has 0 saturated heterocycles. The fraction of sp³-hybridized carbons (Fsp3) is 0.200. The molecule has 0 aliphatic rings. The molecule has 6 aromatic rings. The molecule has 0 fully saturated rings. The van der Waals surface area contributed by atoms with Gasteiger partial charge in [-0.3, -0.25) is 9.72 Å². The number of aryl methyl sites for hydroxylation is 1. The molecule has 6 rings (SSSR count). The number of amides is 2. The van der Waals surface area contributed by atoms with Crippen molar-refractivity contribution < 1.29 is 23.1 Å². The molecule has 0 aliphatic heterocycles. The van der Waals surface area contributed by atoms with Crippen molar-refractivity contribution >= 4 is 29.3 Å². The number of alkyl halides is 3. The fourth-order valence-corrected chi connectivity index (χ4v) is 5.95. The van der Waals surface area contributed by atoms with Gasteiger partial charge >= 0.3 is 12.2 Å². The molecule has 0 radical (unpaired) electrons. The molecular weight excluding hydrogens is 639 g/mol. The Morgan fingerprint density at radius 2 is 1.69 bits per heavy atom. The Kier molecular flexibility index (Phi) is 8.65. The first-order valence-corrected chi connectivity index (χ1v) is 15.8. The number of benzene rings is 3. The Morgan fingerprint density at radius 3 is 2.40 bits per heavy atom. The number of phenols is 1. The summed E-state index contributed by atoms with van der Waals surface area (Å²) in [6.45, 7) is 7.97. The van der Waals surface area contributed by atoms with Crippen molar-refractivity contribution in [3.63, 3.8) is 0 Å². The second-order valence-corrected chi connectivity index (χ2v) is 13.4. The van der Waals surface area contributed by atoms with Crippen molar-refractivity contribution in [1.29, 1.82) is 0 Å². The zero-order valence-electron chi connectivity index (χ0n) is 26.5. The fourth-order valence-electron chi connectivity index (χ4n) is 4.98. The maximum absolute atomic E-state index is 13.2. The third-order valence-corrected chi connectivity index (χ3v) is 8.66. The van der Waals surface area contributed by atoms with Gasteiger partial charge in [-0.05, 0) is 72.6 Å². The average molecular weight is 672 g/mol. The number of aromatic nitrogens is 5. The van der Waals surface area contributed by atoms with Gasteiger partial charge in [-0.15, -0.1) is 10.2 Å². The van der Waals surface area contributed by atoms with Gasteiger partial charge < -0.3 is 10.4 Å². The lowest BCUT2D eigenvalue weighted by molar-refractivity contribution is -0.137. The van der Waals surface area contributed by atoms with Crippen molar-refractivity contribution in [2.75, 3.05) is 5.32 Å². The van der Waals surface area contributed by atoms with E-state index in [0.29, 0.717) is 34.2 Å². The van der Waals surface area contributed by atoms with Gasteiger partial charge in [0.05, 0.1) is 22.5 Å². The molecule has 246 valence electrons. The number of carbonyl (C=O) groups is 1. The SMILES string of the molecule is Cc1ccc(-c2nnc3ccc(Sc4ccccc4CNC(=O)Nc4cc(C(C)(C)C)nn4-c4ccc(C(F)(F)F)cc4)cn23)c(O)c1. The molecule has 48 heavy (non-hydrogen) atoms. The van der Waals surface area contributed by atoms with Gasteiger partial charge in [0, 0.05) is 34.0 Å². The number of fused-ring (bicyclic) bond motifs is 1. The summed E-state index contributed by atoms with van der Waals surface area (Å²) < 4.78 is 42.7. The molecule has 3 N–H and O–H groups in total. The molecule has 0 saturated carbocycles. The highest BCUT2D eigenvalue weighted by Gasteiger charge is 2.30. The van der Waals surface area contributed by atoms with E-state index in [9.17, 15) is 23.1 Å². The zero-order valence-corrected chi connectivity index (χ0v) is 27.3. The first-order chi connectivity index (χ1) is 22.8. The smallest absolute Gasteiger partial charge is 0.416 e. The molecule has 3 aromatic carbocycles. The number of halogens is 3. The van der Waals surface area contributed by atoms with E-state index in [1.807, 2.05) is 86.8 Å². The first-order valence-electron chi connectivity index (χ1n) is 15.0. The Bertz CT molecular complexity index is 2120. The van der Waals surface area contributed by atoms with Gasteiger partial charge in [0.2, 0.25) is 0 Å². The van der Waals surface area contributed by atoms with E-state index in [0.717, 1.165) is 33.1 Å². The summed E-state index contributed by atoms with van der Waals surface area (Å²) in [6, 6.07) is 22.7. The highest BCUT2D eigenvalue weighted by Crippen LogP contribution is 2.34. The van der Waals surface area contributed by atoms with E-state index in [2.05, 4.69) is 25.9 Å². The Labute approximate surface area is 278 Å². The second-order valence-electron chi connectivity index (χ2n) is 12.3. The largest absolute Gasteiger partial charge is 0.507 e. The van der Waals surface area contributed by atoms with Crippen LogP contribution in [0.4, 0.5) is 23.8 Å². The minimum absolute atomic E-state index is 0.120. The van der Waals surface area contributed by atoms with Crippen LogP contribution < -0.4 is 10.6 Å². The highest BCUT2D eigenvalue weighted by molar-refractivity contribution is 7.99. The number of hydrogen-bond acceptors (Lipinski definition) is 6. The Balaban J connectivity index is 1.19. The van der Waals surface area contributed by atoms with Crippen LogP contribution in [0.3, 0.4) is 0 Å². The van der Waals surface area contributed by atoms with Crippen LogP contribution in [0.1, 0.15) is 43.2 Å². The van der Waals surface area contributed by atoms with Gasteiger partial charge in [0.1, 0.15) is 11.6 Å². The van der Waals surface area contributed by atoms with Crippen LogP contribution in [0, 0.1) is 6.92 Å². The molecule has 2 amide bonds. The summed E-state index contributed by atoms with van der Waals surface area (Å²) in [5.74, 6) is 0.952. The van der Waals surface area contributed by atoms with E-state index in [1.165, 1.54) is 28.6 Å². The number of rotatable bonds is 7. The molecule has 13 heteroatoms. The van der Waals surface area contributed by atoms with Gasteiger partial charge in [0.15, 0.2) is 11.5 Å². The standard InChI is InChI=1S/C35H32F3N7O2S/c1-21-9-15-26(27(46)17-21)32-42-41-30-16-14-25(20-44(30)32)48-28-8-6-5-7-22(28)19-39-33(47)40-31-18-29(34(2,3)4)43-45(31)24-12-10-23(11-13-24)35(36,37)38/h5-18,20,46H,19H2,1-4H3,(H2,39,40,47). The summed E-state index contributed by atoms with van der Waals surface area (Å²) in [5.41, 5.74) is 2.88. The molecule has 0 spiro atoms. The van der Waals surface area contributed by atoms with Crippen LogP contribution in [0.25, 0.3) is 22.7 Å². The maximum Gasteiger partial charge on any atom is 0.416 e. The number of pyridine rings is 1. The van der Waals surface area contributed by atoms with Crippen LogP contribution in [-0.2, 0) is 18.1 Å². The van der Waals surface area contributed by atoms with Gasteiger partial charge in [-0.25, -0.2) is 9.48 Å². The van der Waals surface area contributed by atoms with Crippen molar-refractivity contribution in [1.82, 2.24) is 29.7 Å². The van der Waals surface area contributed by atoms with Crippen LogP contribution in [0.5, 0.6) is 5.75 Å². The number of carbonyl (C=O) groups excluding carboxylic acids is 1. The summed E-state index contributed by atoms with van der Waals surface area (Å²) in [7, 11) is 0. The minimum atomic E-state index is -4.47. The van der Waals surface area contributed by atoms with Crippen LogP contribution in [0.2, 0.25) is 0 Å². The quantitative estimate of drug-likeness (QED) is 0.157. The second kappa shape index (κ2) is 12.7. The third-order valence-electron chi connectivity index (χ3n) is 7.57. The van der Waals surface area contributed by atoms with Crippen molar-refractivity contribution in [2.24, 2.45) is 0 Å². The van der Waals surface area contributed by atoms with E-state index < -0.39 is 17.8 Å². The van der Waals surface area contributed by atoms with Crippen LogP contribution >= 0.6 is 11.8 Å². The molecule has 3 aromatic heterocycles. The van der Waals surface area contributed by atoms with E-state index in [1.54, 1.807) is 12.1 Å². The molecule has 0 unspecified atom stereocenters. The lowest BCUT2D eigenvalue weighted by Crippen LogP contribution is -2.29. The molecule has 0 aliphatic carbocycles. The summed E-state index contributed by atoms with van der Waals surface area (Å²) >= 11 is 1.50. The average Bonchev–Trinajstić information content (AvgIpc) is 3.65. The molecule has 9 nitrogen and oxygen atoms in total. The van der Waals surface area contributed by atoms with Crippen LogP contribution in [0.15, 0.2) is 101 Å². The summed E-state index contributed by atoms with van der Waals surface area (Å²) in [4.78, 5) is 15.0. The summed E-state index contributed by atoms with van der Waals surface area (Å²) in [6.07, 6.45) is -2.56. The topological polar surface area (TPSA) is 109 Å². The number of nitrogens with zero attached hydrogens (tertiary/aromatic N) is 5. The number of nitrogens with one attached hydrogen (secondary N) is 2.